The standard InChI is InChI=1S/C43H35O5P/c1-42(2,3)29-26-24-28(25-27-29)36-35(41(47)48-4)37(40(46)43(36)38(44)33-22-14-15-23-34(33)39(43)45)49(30-16-8-5-9-17-30,31-18-10-6-11-19-31)32-20-12-7-13-21-32/h5-27H,1-4H3. The maximum absolute atomic E-state index is 15.9. The first-order valence-electron chi connectivity index (χ1n) is 16.2. The van der Waals surface area contributed by atoms with Crippen molar-refractivity contribution in [3.05, 3.63) is 167 Å². The third-order valence-electron chi connectivity index (χ3n) is 9.71. The van der Waals surface area contributed by atoms with Gasteiger partial charge in [0.15, 0.2) is 22.8 Å². The first-order chi connectivity index (χ1) is 23.6. The van der Waals surface area contributed by atoms with Gasteiger partial charge >= 0.3 is 5.97 Å². The highest BCUT2D eigenvalue weighted by molar-refractivity contribution is 7.97. The van der Waals surface area contributed by atoms with Crippen LogP contribution in [-0.4, -0.2) is 35.7 Å². The van der Waals surface area contributed by atoms with Gasteiger partial charge in [-0.3, -0.25) is 14.4 Å². The van der Waals surface area contributed by atoms with Gasteiger partial charge in [-0.1, -0.05) is 160 Å². The number of hydrogen-bond acceptors (Lipinski definition) is 5. The van der Waals surface area contributed by atoms with Crippen molar-refractivity contribution in [2.45, 2.75) is 26.2 Å². The molecule has 49 heavy (non-hydrogen) atoms. The number of rotatable bonds is 5. The summed E-state index contributed by atoms with van der Waals surface area (Å²) >= 11 is 0. The number of allylic oxidation sites excluding steroid dienone is 1. The second-order valence-corrected chi connectivity index (χ2v) is 16.7. The summed E-state index contributed by atoms with van der Waals surface area (Å²) in [6.45, 7) is 2.97. The molecule has 0 fully saturated rings. The van der Waals surface area contributed by atoms with Crippen LogP contribution in [0.2, 0.25) is 0 Å². The smallest absolute Gasteiger partial charge is 0.339 e. The third kappa shape index (κ3) is 4.60. The Morgan fingerprint density at radius 2 is 0.980 bits per heavy atom. The summed E-state index contributed by atoms with van der Waals surface area (Å²) in [6.07, 6.45) is 0. The van der Waals surface area contributed by atoms with Gasteiger partial charge in [0.1, 0.15) is 0 Å². The fourth-order valence-corrected chi connectivity index (χ4v) is 12.0. The van der Waals surface area contributed by atoms with E-state index >= 15 is 4.79 Å². The fraction of sp³-hybridized carbons (Fsp3) is 0.140. The Kier molecular flexibility index (Phi) is 7.84. The van der Waals surface area contributed by atoms with E-state index in [0.29, 0.717) is 5.56 Å². The Bertz CT molecular complexity index is 2100. The van der Waals surface area contributed by atoms with Gasteiger partial charge in [-0.2, -0.15) is 0 Å². The molecule has 2 aliphatic carbocycles. The van der Waals surface area contributed by atoms with E-state index in [4.69, 9.17) is 4.74 Å². The molecule has 7 rings (SSSR count). The molecule has 242 valence electrons. The molecule has 0 heterocycles. The lowest BCUT2D eigenvalue weighted by Crippen LogP contribution is -2.44. The number of carbonyl (C=O) groups excluding carboxylic acids is 4. The van der Waals surface area contributed by atoms with Crippen LogP contribution in [0, 0.1) is 5.41 Å². The number of fused-ring (bicyclic) bond motifs is 1. The summed E-state index contributed by atoms with van der Waals surface area (Å²) in [5.74, 6) is -2.72. The molecular formula is C43H35O5P. The highest BCUT2D eigenvalue weighted by atomic mass is 31.2. The van der Waals surface area contributed by atoms with Gasteiger partial charge in [0.25, 0.3) is 0 Å². The van der Waals surface area contributed by atoms with Crippen LogP contribution in [0.5, 0.6) is 0 Å². The molecular weight excluding hydrogens is 627 g/mol. The summed E-state index contributed by atoms with van der Waals surface area (Å²) in [7, 11) is 1.27. The zero-order valence-corrected chi connectivity index (χ0v) is 28.7. The van der Waals surface area contributed by atoms with Crippen LogP contribution < -0.4 is 15.9 Å². The van der Waals surface area contributed by atoms with Gasteiger partial charge in [0.05, 0.1) is 12.7 Å². The monoisotopic (exact) mass is 662 g/mol. The van der Waals surface area contributed by atoms with Crippen LogP contribution in [-0.2, 0) is 19.7 Å². The SMILES string of the molecule is COC(=O)C1=C(c2ccc(C(C)(C)C)cc2)C2(C(=O)C1=P(c1ccccc1)(c1ccccc1)c1ccccc1)C(=O)c1ccccc1C2=O. The third-order valence-corrected chi connectivity index (χ3v) is 14.0. The molecule has 0 saturated carbocycles. The summed E-state index contributed by atoms with van der Waals surface area (Å²) in [6, 6.07) is 42.9. The molecule has 2 aliphatic rings. The quantitative estimate of drug-likeness (QED) is 0.119. The van der Waals surface area contributed by atoms with Gasteiger partial charge in [-0.25, -0.2) is 4.79 Å². The molecule has 5 aromatic carbocycles. The molecule has 6 heteroatoms. The minimum atomic E-state index is -3.30. The van der Waals surface area contributed by atoms with E-state index in [9.17, 15) is 14.4 Å². The Hall–Kier alpha value is -5.38. The first-order valence-corrected chi connectivity index (χ1v) is 18.0. The van der Waals surface area contributed by atoms with Crippen molar-refractivity contribution in [3.63, 3.8) is 0 Å². The van der Waals surface area contributed by atoms with Crippen molar-refractivity contribution >= 4 is 57.0 Å². The molecule has 0 aliphatic heterocycles. The van der Waals surface area contributed by atoms with E-state index in [-0.39, 0.29) is 33.0 Å². The number of carbonyl (C=O) groups is 4. The van der Waals surface area contributed by atoms with E-state index in [1.165, 1.54) is 7.11 Å². The molecule has 0 radical (unpaired) electrons. The molecule has 0 amide bonds. The summed E-state index contributed by atoms with van der Waals surface area (Å²) < 4.78 is 5.52. The van der Waals surface area contributed by atoms with E-state index in [2.05, 4.69) is 20.8 Å². The maximum Gasteiger partial charge on any atom is 0.339 e. The highest BCUT2D eigenvalue weighted by Gasteiger charge is 2.67. The van der Waals surface area contributed by atoms with Crippen molar-refractivity contribution in [1.82, 2.24) is 0 Å². The second kappa shape index (κ2) is 11.9. The van der Waals surface area contributed by atoms with E-state index in [1.807, 2.05) is 115 Å². The van der Waals surface area contributed by atoms with Crippen LogP contribution in [0.4, 0.5) is 0 Å². The second-order valence-electron chi connectivity index (χ2n) is 13.4. The average Bonchev–Trinajstić information content (AvgIpc) is 3.53. The number of ketones is 3. The van der Waals surface area contributed by atoms with Crippen molar-refractivity contribution < 1.29 is 23.9 Å². The zero-order chi connectivity index (χ0) is 34.6. The normalized spacial score (nSPS) is 15.6. The van der Waals surface area contributed by atoms with Crippen LogP contribution in [0.15, 0.2) is 145 Å². The largest absolute Gasteiger partial charge is 0.465 e. The summed E-state index contributed by atoms with van der Waals surface area (Å²) in [5, 5.41) is 2.53. The first kappa shape index (κ1) is 32.2. The number of benzene rings is 5. The zero-order valence-electron chi connectivity index (χ0n) is 27.8. The molecule has 0 unspecified atom stereocenters. The van der Waals surface area contributed by atoms with Crippen LogP contribution in [0.1, 0.15) is 52.6 Å². The Labute approximate surface area is 286 Å². The Morgan fingerprint density at radius 1 is 0.571 bits per heavy atom. The van der Waals surface area contributed by atoms with Crippen molar-refractivity contribution in [1.29, 1.82) is 0 Å². The number of methoxy groups -OCH3 is 1. The van der Waals surface area contributed by atoms with E-state index in [1.54, 1.807) is 24.3 Å². The van der Waals surface area contributed by atoms with Crippen LogP contribution in [0.25, 0.3) is 5.57 Å². The van der Waals surface area contributed by atoms with E-state index in [0.717, 1.165) is 21.5 Å². The molecule has 0 bridgehead atoms. The van der Waals surface area contributed by atoms with Crippen molar-refractivity contribution in [2.75, 3.05) is 7.11 Å². The van der Waals surface area contributed by atoms with Gasteiger partial charge in [0.2, 0.25) is 0 Å². The van der Waals surface area contributed by atoms with Crippen molar-refractivity contribution in [2.24, 2.45) is 5.41 Å². The van der Waals surface area contributed by atoms with Gasteiger partial charge in [-0.15, -0.1) is 0 Å². The molecule has 1 spiro atoms. The molecule has 5 aromatic rings. The van der Waals surface area contributed by atoms with Gasteiger partial charge < -0.3 is 4.74 Å². The topological polar surface area (TPSA) is 77.5 Å². The predicted molar refractivity (Wildman–Crippen MR) is 197 cm³/mol. The van der Waals surface area contributed by atoms with Crippen LogP contribution >= 0.6 is 6.89 Å². The molecule has 0 saturated heterocycles. The fourth-order valence-electron chi connectivity index (χ4n) is 7.44. The maximum atomic E-state index is 15.9. The summed E-state index contributed by atoms with van der Waals surface area (Å²) in [4.78, 5) is 60.3. The van der Waals surface area contributed by atoms with E-state index < -0.39 is 35.6 Å². The van der Waals surface area contributed by atoms with Crippen molar-refractivity contribution in [3.8, 4) is 0 Å². The lowest BCUT2D eigenvalue weighted by Gasteiger charge is -2.32. The minimum absolute atomic E-state index is 0.0320. The predicted octanol–water partition coefficient (Wildman–Crippen LogP) is 6.73. The molecule has 0 atom stereocenters. The summed E-state index contributed by atoms with van der Waals surface area (Å²) in [5.41, 5.74) is -0.660. The molecule has 5 nitrogen and oxygen atoms in total. The van der Waals surface area contributed by atoms with Gasteiger partial charge in [-0.05, 0) is 39.3 Å². The highest BCUT2D eigenvalue weighted by Crippen LogP contribution is 2.59. The molecule has 0 N–H and O–H groups in total. The van der Waals surface area contributed by atoms with Crippen LogP contribution in [0.3, 0.4) is 0 Å². The minimum Gasteiger partial charge on any atom is -0.465 e. The molecule has 0 aromatic heterocycles. The number of ether oxygens (including phenoxy) is 1. The number of esters is 1. The lowest BCUT2D eigenvalue weighted by molar-refractivity contribution is -0.135. The number of hydrogen-bond donors (Lipinski definition) is 0. The lowest BCUT2D eigenvalue weighted by atomic mass is 9.72. The Morgan fingerprint density at radius 3 is 1.37 bits per heavy atom. The average molecular weight is 663 g/mol. The Balaban J connectivity index is 1.77. The van der Waals surface area contributed by atoms with Gasteiger partial charge in [0, 0.05) is 22.0 Å². The number of Topliss-reactive ketones (excluding diaryl/α,β-unsaturated/α-hetero) is 3.